The second-order valence-electron chi connectivity index (χ2n) is 6.02. The number of nitrogens with zero attached hydrogens (tertiary/aromatic N) is 2. The summed E-state index contributed by atoms with van der Waals surface area (Å²) in [6.07, 6.45) is -0.108. The Morgan fingerprint density at radius 3 is 2.65 bits per heavy atom. The van der Waals surface area contributed by atoms with Crippen LogP contribution in [0.3, 0.4) is 0 Å². The van der Waals surface area contributed by atoms with Gasteiger partial charge in [-0.2, -0.15) is 5.10 Å². The molecule has 0 aliphatic carbocycles. The van der Waals surface area contributed by atoms with Crippen molar-refractivity contribution in [2.75, 3.05) is 5.32 Å². The Morgan fingerprint density at radius 1 is 1.19 bits per heavy atom. The average Bonchev–Trinajstić information content (AvgIpc) is 3.08. The summed E-state index contributed by atoms with van der Waals surface area (Å²) in [5.41, 5.74) is 2.74. The van der Waals surface area contributed by atoms with Crippen LogP contribution in [0.5, 0.6) is 0 Å². The van der Waals surface area contributed by atoms with Crippen molar-refractivity contribution in [2.24, 2.45) is 0 Å². The van der Waals surface area contributed by atoms with Gasteiger partial charge < -0.3 is 10.1 Å². The third-order valence-corrected chi connectivity index (χ3v) is 4.74. The monoisotopic (exact) mass is 415 g/mol. The summed E-state index contributed by atoms with van der Waals surface area (Å²) in [4.78, 5) is 12.4. The van der Waals surface area contributed by atoms with E-state index in [9.17, 15) is 9.18 Å². The van der Waals surface area contributed by atoms with Gasteiger partial charge in [0.15, 0.2) is 5.69 Å². The molecule has 2 heterocycles. The number of benzene rings is 2. The largest absolute Gasteiger partial charge is 0.365 e. The lowest BCUT2D eigenvalue weighted by Crippen LogP contribution is -2.22. The zero-order chi connectivity index (χ0) is 18.1. The van der Waals surface area contributed by atoms with Gasteiger partial charge in [-0.25, -0.2) is 4.39 Å². The molecule has 1 N–H and O–H groups in total. The van der Waals surface area contributed by atoms with Gasteiger partial charge in [-0.05, 0) is 48.0 Å². The molecule has 1 amide bonds. The van der Waals surface area contributed by atoms with Crippen LogP contribution in [0.1, 0.15) is 27.8 Å². The van der Waals surface area contributed by atoms with E-state index in [1.165, 1.54) is 24.3 Å². The molecule has 4 rings (SSSR count). The topological polar surface area (TPSA) is 56.2 Å². The molecule has 132 valence electrons. The Hall–Kier alpha value is -2.51. The van der Waals surface area contributed by atoms with Crippen molar-refractivity contribution in [3.05, 3.63) is 81.8 Å². The number of rotatable bonds is 3. The molecule has 0 spiro atoms. The number of amides is 1. The number of carbonyl (C=O) groups excluding carboxylic acids is 1. The molecule has 0 bridgehead atoms. The molecule has 7 heteroatoms. The number of carbonyl (C=O) groups is 1. The van der Waals surface area contributed by atoms with E-state index < -0.39 is 0 Å². The zero-order valence-electron chi connectivity index (χ0n) is 13.7. The second-order valence-corrected chi connectivity index (χ2v) is 6.93. The summed E-state index contributed by atoms with van der Waals surface area (Å²) < 4.78 is 21.7. The molecule has 26 heavy (non-hydrogen) atoms. The number of aromatic nitrogens is 2. The van der Waals surface area contributed by atoms with Gasteiger partial charge in [0.05, 0.1) is 18.8 Å². The number of halogens is 2. The van der Waals surface area contributed by atoms with E-state index in [0.717, 1.165) is 15.7 Å². The maximum Gasteiger partial charge on any atom is 0.276 e. The molecule has 0 saturated carbocycles. The standard InChI is InChI=1S/C19H15BrFN3O2/c20-13-3-1-12(2-4-13)18-10-24-16(11-26-18)9-17(23-24)19(25)22-15-7-5-14(21)6-8-15/h1-9,18H,10-11H2,(H,22,25)/t18-/m0/s1. The molecule has 0 radical (unpaired) electrons. The van der Waals surface area contributed by atoms with Crippen LogP contribution in [0.2, 0.25) is 0 Å². The molecule has 0 unspecified atom stereocenters. The van der Waals surface area contributed by atoms with Gasteiger partial charge in [-0.15, -0.1) is 0 Å². The summed E-state index contributed by atoms with van der Waals surface area (Å²) in [6.45, 7) is 0.929. The Labute approximate surface area is 157 Å². The van der Waals surface area contributed by atoms with E-state index in [2.05, 4.69) is 26.3 Å². The van der Waals surface area contributed by atoms with Gasteiger partial charge in [0.2, 0.25) is 0 Å². The van der Waals surface area contributed by atoms with Gasteiger partial charge in [0, 0.05) is 10.2 Å². The first-order valence-electron chi connectivity index (χ1n) is 8.09. The summed E-state index contributed by atoms with van der Waals surface area (Å²) in [6, 6.07) is 15.3. The van der Waals surface area contributed by atoms with E-state index in [4.69, 9.17) is 4.74 Å². The van der Waals surface area contributed by atoms with Crippen LogP contribution in [-0.2, 0) is 17.9 Å². The first-order chi connectivity index (χ1) is 12.6. The number of hydrogen-bond donors (Lipinski definition) is 1. The lowest BCUT2D eigenvalue weighted by atomic mass is 10.1. The number of anilines is 1. The predicted molar refractivity (Wildman–Crippen MR) is 98.3 cm³/mol. The number of fused-ring (bicyclic) bond motifs is 1. The summed E-state index contributed by atoms with van der Waals surface area (Å²) in [5.74, 6) is -0.685. The van der Waals surface area contributed by atoms with Gasteiger partial charge in [0.1, 0.15) is 11.9 Å². The fourth-order valence-electron chi connectivity index (χ4n) is 2.84. The Balaban J connectivity index is 1.49. The molecule has 1 aliphatic rings. The van der Waals surface area contributed by atoms with Gasteiger partial charge in [-0.3, -0.25) is 9.48 Å². The molecule has 3 aromatic rings. The Bertz CT molecular complexity index is 938. The van der Waals surface area contributed by atoms with Crippen LogP contribution in [0.15, 0.2) is 59.1 Å². The maximum atomic E-state index is 13.0. The molecule has 5 nitrogen and oxygen atoms in total. The van der Waals surface area contributed by atoms with Crippen LogP contribution >= 0.6 is 15.9 Å². The first kappa shape index (κ1) is 16.9. The maximum absolute atomic E-state index is 13.0. The highest BCUT2D eigenvalue weighted by molar-refractivity contribution is 9.10. The van der Waals surface area contributed by atoms with E-state index in [1.807, 2.05) is 24.3 Å². The van der Waals surface area contributed by atoms with Gasteiger partial charge >= 0.3 is 0 Å². The van der Waals surface area contributed by atoms with Crippen LogP contribution < -0.4 is 5.32 Å². The van der Waals surface area contributed by atoms with E-state index in [0.29, 0.717) is 24.5 Å². The van der Waals surface area contributed by atoms with E-state index in [-0.39, 0.29) is 17.8 Å². The summed E-state index contributed by atoms with van der Waals surface area (Å²) in [7, 11) is 0. The minimum Gasteiger partial charge on any atom is -0.365 e. The van der Waals surface area contributed by atoms with Crippen molar-refractivity contribution in [1.29, 1.82) is 0 Å². The third kappa shape index (κ3) is 3.54. The highest BCUT2D eigenvalue weighted by Crippen LogP contribution is 2.27. The normalized spacial score (nSPS) is 16.2. The molecule has 0 fully saturated rings. The molecule has 1 atom stereocenters. The molecular weight excluding hydrogens is 401 g/mol. The van der Waals surface area contributed by atoms with Crippen LogP contribution in [0.25, 0.3) is 0 Å². The fourth-order valence-corrected chi connectivity index (χ4v) is 3.11. The van der Waals surface area contributed by atoms with Crippen molar-refractivity contribution < 1.29 is 13.9 Å². The van der Waals surface area contributed by atoms with Crippen LogP contribution in [0.4, 0.5) is 10.1 Å². The quantitative estimate of drug-likeness (QED) is 0.693. The molecular formula is C19H15BrFN3O2. The number of nitrogens with one attached hydrogen (secondary N) is 1. The van der Waals surface area contributed by atoms with Crippen molar-refractivity contribution in [3.8, 4) is 0 Å². The fraction of sp³-hybridized carbons (Fsp3) is 0.158. The molecule has 1 aromatic heterocycles. The number of ether oxygens (including phenoxy) is 1. The lowest BCUT2D eigenvalue weighted by molar-refractivity contribution is -0.00119. The first-order valence-corrected chi connectivity index (χ1v) is 8.88. The lowest BCUT2D eigenvalue weighted by Gasteiger charge is -2.24. The summed E-state index contributed by atoms with van der Waals surface area (Å²) >= 11 is 3.42. The van der Waals surface area contributed by atoms with Gasteiger partial charge in [0.25, 0.3) is 5.91 Å². The zero-order valence-corrected chi connectivity index (χ0v) is 15.2. The summed E-state index contributed by atoms with van der Waals surface area (Å²) in [5, 5.41) is 7.12. The molecule has 1 aliphatic heterocycles. The minimum atomic E-state index is -0.350. The molecule has 0 saturated heterocycles. The minimum absolute atomic E-state index is 0.108. The highest BCUT2D eigenvalue weighted by Gasteiger charge is 2.24. The van der Waals surface area contributed by atoms with Crippen LogP contribution in [0, 0.1) is 5.82 Å². The SMILES string of the molecule is O=C(Nc1ccc(F)cc1)c1cc2n(n1)C[C@@H](c1ccc(Br)cc1)OC2. The third-order valence-electron chi connectivity index (χ3n) is 4.21. The van der Waals surface area contributed by atoms with Crippen LogP contribution in [-0.4, -0.2) is 15.7 Å². The smallest absolute Gasteiger partial charge is 0.276 e. The van der Waals surface area contributed by atoms with Crippen molar-refractivity contribution in [3.63, 3.8) is 0 Å². The second kappa shape index (κ2) is 7.01. The highest BCUT2D eigenvalue weighted by atomic mass is 79.9. The number of hydrogen-bond acceptors (Lipinski definition) is 3. The average molecular weight is 416 g/mol. The van der Waals surface area contributed by atoms with E-state index in [1.54, 1.807) is 10.7 Å². The Kier molecular flexibility index (Phi) is 4.57. The predicted octanol–water partition coefficient (Wildman–Crippen LogP) is 4.31. The Morgan fingerprint density at radius 2 is 1.92 bits per heavy atom. The van der Waals surface area contributed by atoms with Crippen molar-refractivity contribution >= 4 is 27.5 Å². The van der Waals surface area contributed by atoms with Crippen molar-refractivity contribution in [1.82, 2.24) is 9.78 Å². The molecule has 2 aromatic carbocycles. The van der Waals surface area contributed by atoms with E-state index >= 15 is 0 Å². The van der Waals surface area contributed by atoms with Crippen molar-refractivity contribution in [2.45, 2.75) is 19.3 Å². The van der Waals surface area contributed by atoms with Gasteiger partial charge in [-0.1, -0.05) is 28.1 Å².